The summed E-state index contributed by atoms with van der Waals surface area (Å²) >= 11 is 16.4. The van der Waals surface area contributed by atoms with E-state index in [1.54, 1.807) is 18.2 Å². The van der Waals surface area contributed by atoms with Crippen molar-refractivity contribution >= 4 is 57.8 Å². The molecule has 1 aromatic carbocycles. The molecule has 0 bridgehead atoms. The maximum absolute atomic E-state index is 11.9. The second-order valence-corrected chi connectivity index (χ2v) is 5.00. The summed E-state index contributed by atoms with van der Waals surface area (Å²) in [7, 11) is 0. The molecule has 1 fully saturated rings. The molecule has 1 aliphatic rings. The van der Waals surface area contributed by atoms with Crippen LogP contribution in [0.3, 0.4) is 0 Å². The Morgan fingerprint density at radius 3 is 2.70 bits per heavy atom. The van der Waals surface area contributed by atoms with Gasteiger partial charge in [0.2, 0.25) is 0 Å². The van der Waals surface area contributed by atoms with Crippen molar-refractivity contribution in [3.8, 4) is 0 Å². The van der Waals surface area contributed by atoms with Crippen LogP contribution >= 0.6 is 35.4 Å². The zero-order valence-electron chi connectivity index (χ0n) is 9.98. The number of thiocarbonyl (C=S) groups is 1. The minimum atomic E-state index is -0.491. The Morgan fingerprint density at radius 1 is 1.45 bits per heavy atom. The first-order valence-corrected chi connectivity index (χ1v) is 6.45. The SMILES string of the molecule is C=C1NN(C(N)=S)C(=O)C1=NNc1ccc(Cl)c(Cl)c1. The molecular formula is C11H9Cl2N5OS. The van der Waals surface area contributed by atoms with Crippen molar-refractivity contribution in [2.75, 3.05) is 5.43 Å². The number of carbonyl (C=O) groups excluding carboxylic acids is 1. The van der Waals surface area contributed by atoms with E-state index in [2.05, 4.69) is 22.5 Å². The molecule has 0 unspecified atom stereocenters. The number of nitrogens with two attached hydrogens (primary N) is 1. The standard InChI is InChI=1S/C11H9Cl2N5OS/c1-5-9(10(19)18(17-5)11(14)20)16-15-6-2-3-7(12)8(13)4-6/h2-4,15,17H,1H2,(H2,14,20). The van der Waals surface area contributed by atoms with E-state index in [-0.39, 0.29) is 16.5 Å². The summed E-state index contributed by atoms with van der Waals surface area (Å²) in [5.41, 5.74) is 11.6. The zero-order chi connectivity index (χ0) is 14.9. The number of amides is 1. The van der Waals surface area contributed by atoms with Gasteiger partial charge in [-0.2, -0.15) is 10.1 Å². The smallest absolute Gasteiger partial charge is 0.301 e. The number of nitrogens with zero attached hydrogens (tertiary/aromatic N) is 2. The third-order valence-electron chi connectivity index (χ3n) is 2.38. The third-order valence-corrected chi connectivity index (χ3v) is 3.30. The fourth-order valence-electron chi connectivity index (χ4n) is 1.43. The number of hydrazine groups is 1. The van der Waals surface area contributed by atoms with Crippen LogP contribution in [-0.2, 0) is 4.79 Å². The lowest BCUT2D eigenvalue weighted by Gasteiger charge is -2.11. The van der Waals surface area contributed by atoms with Crippen LogP contribution in [0.15, 0.2) is 35.6 Å². The van der Waals surface area contributed by atoms with Crippen LogP contribution in [0.1, 0.15) is 0 Å². The van der Waals surface area contributed by atoms with Gasteiger partial charge in [0.15, 0.2) is 10.8 Å². The molecule has 104 valence electrons. The minimum absolute atomic E-state index is 0.0730. The highest BCUT2D eigenvalue weighted by molar-refractivity contribution is 7.80. The van der Waals surface area contributed by atoms with Gasteiger partial charge in [-0.05, 0) is 30.4 Å². The molecule has 9 heteroatoms. The predicted molar refractivity (Wildman–Crippen MR) is 83.4 cm³/mol. The molecule has 0 spiro atoms. The summed E-state index contributed by atoms with van der Waals surface area (Å²) in [6.45, 7) is 3.66. The molecule has 1 aromatic rings. The van der Waals surface area contributed by atoms with Gasteiger partial charge in [-0.3, -0.25) is 15.6 Å². The molecule has 1 saturated heterocycles. The van der Waals surface area contributed by atoms with Crippen LogP contribution in [0.25, 0.3) is 0 Å². The van der Waals surface area contributed by atoms with E-state index in [1.165, 1.54) is 0 Å². The van der Waals surface area contributed by atoms with Crippen LogP contribution in [0.5, 0.6) is 0 Å². The van der Waals surface area contributed by atoms with E-state index in [0.29, 0.717) is 15.7 Å². The summed E-state index contributed by atoms with van der Waals surface area (Å²) < 4.78 is 0. The average molecular weight is 330 g/mol. The normalized spacial score (nSPS) is 16.5. The second-order valence-electron chi connectivity index (χ2n) is 3.77. The van der Waals surface area contributed by atoms with E-state index in [4.69, 9.17) is 41.2 Å². The molecule has 4 N–H and O–H groups in total. The van der Waals surface area contributed by atoms with Crippen molar-refractivity contribution in [1.82, 2.24) is 10.4 Å². The lowest BCUT2D eigenvalue weighted by Crippen LogP contribution is -2.43. The Kier molecular flexibility index (Phi) is 4.12. The predicted octanol–water partition coefficient (Wildman–Crippen LogP) is 1.87. The number of carbonyl (C=O) groups is 1. The number of benzene rings is 1. The first kappa shape index (κ1) is 14.6. The first-order valence-electron chi connectivity index (χ1n) is 5.28. The first-order chi connectivity index (χ1) is 9.40. The van der Waals surface area contributed by atoms with Gasteiger partial charge in [0, 0.05) is 0 Å². The highest BCUT2D eigenvalue weighted by Gasteiger charge is 2.32. The summed E-state index contributed by atoms with van der Waals surface area (Å²) in [4.78, 5) is 11.9. The number of hydrazone groups is 1. The van der Waals surface area contributed by atoms with E-state index in [0.717, 1.165) is 5.01 Å². The van der Waals surface area contributed by atoms with Gasteiger partial charge in [-0.25, -0.2) is 0 Å². The maximum atomic E-state index is 11.9. The Hall–Kier alpha value is -1.83. The fraction of sp³-hybridized carbons (Fsp3) is 0. The van der Waals surface area contributed by atoms with E-state index in [9.17, 15) is 4.79 Å². The van der Waals surface area contributed by atoms with Gasteiger partial charge in [0.25, 0.3) is 0 Å². The number of hydrogen-bond acceptors (Lipinski definition) is 5. The van der Waals surface area contributed by atoms with Crippen LogP contribution in [-0.4, -0.2) is 21.7 Å². The fourth-order valence-corrected chi connectivity index (χ4v) is 1.86. The zero-order valence-corrected chi connectivity index (χ0v) is 12.3. The van der Waals surface area contributed by atoms with E-state index < -0.39 is 5.91 Å². The Morgan fingerprint density at radius 2 is 2.15 bits per heavy atom. The highest BCUT2D eigenvalue weighted by atomic mass is 35.5. The summed E-state index contributed by atoms with van der Waals surface area (Å²) in [5.74, 6) is -0.491. The number of anilines is 1. The van der Waals surface area contributed by atoms with Crippen molar-refractivity contribution in [2.45, 2.75) is 0 Å². The van der Waals surface area contributed by atoms with E-state index >= 15 is 0 Å². The van der Waals surface area contributed by atoms with Gasteiger partial charge >= 0.3 is 5.91 Å². The minimum Gasteiger partial charge on any atom is -0.374 e. The van der Waals surface area contributed by atoms with Crippen molar-refractivity contribution in [2.24, 2.45) is 10.8 Å². The van der Waals surface area contributed by atoms with Gasteiger partial charge < -0.3 is 5.73 Å². The largest absolute Gasteiger partial charge is 0.374 e. The van der Waals surface area contributed by atoms with Gasteiger partial charge in [-0.1, -0.05) is 29.8 Å². The lowest BCUT2D eigenvalue weighted by molar-refractivity contribution is -0.120. The van der Waals surface area contributed by atoms with Gasteiger partial charge in [0.05, 0.1) is 21.4 Å². The van der Waals surface area contributed by atoms with Crippen molar-refractivity contribution < 1.29 is 4.79 Å². The summed E-state index contributed by atoms with van der Waals surface area (Å²) in [6, 6.07) is 4.85. The van der Waals surface area contributed by atoms with Crippen molar-refractivity contribution in [3.05, 3.63) is 40.5 Å². The molecule has 0 aromatic heterocycles. The molecule has 6 nitrogen and oxygen atoms in total. The number of nitrogens with one attached hydrogen (secondary N) is 2. The Bertz CT molecular complexity index is 646. The van der Waals surface area contributed by atoms with Crippen molar-refractivity contribution in [1.29, 1.82) is 0 Å². The molecule has 2 rings (SSSR count). The summed E-state index contributed by atoms with van der Waals surface area (Å²) in [6.07, 6.45) is 0. The van der Waals surface area contributed by atoms with Gasteiger partial charge in [-0.15, -0.1) is 0 Å². The monoisotopic (exact) mass is 329 g/mol. The lowest BCUT2D eigenvalue weighted by atomic mass is 10.3. The molecule has 0 radical (unpaired) electrons. The van der Waals surface area contributed by atoms with Crippen LogP contribution in [0.2, 0.25) is 10.0 Å². The van der Waals surface area contributed by atoms with Crippen LogP contribution in [0.4, 0.5) is 5.69 Å². The average Bonchev–Trinajstić information content (AvgIpc) is 2.67. The molecule has 0 aliphatic carbocycles. The molecule has 1 amide bonds. The second kappa shape index (κ2) is 5.66. The highest BCUT2D eigenvalue weighted by Crippen LogP contribution is 2.25. The van der Waals surface area contributed by atoms with E-state index in [1.807, 2.05) is 0 Å². The van der Waals surface area contributed by atoms with Crippen LogP contribution in [0, 0.1) is 0 Å². The number of hydrogen-bond donors (Lipinski definition) is 3. The maximum Gasteiger partial charge on any atom is 0.301 e. The number of halogens is 2. The molecule has 0 atom stereocenters. The number of rotatable bonds is 2. The molecule has 20 heavy (non-hydrogen) atoms. The Balaban J connectivity index is 2.19. The van der Waals surface area contributed by atoms with Crippen LogP contribution < -0.4 is 16.6 Å². The molecule has 1 aliphatic heterocycles. The molecule has 1 heterocycles. The topological polar surface area (TPSA) is 82.8 Å². The molecule has 0 saturated carbocycles. The Labute approximate surface area is 130 Å². The van der Waals surface area contributed by atoms with Crippen molar-refractivity contribution in [3.63, 3.8) is 0 Å². The van der Waals surface area contributed by atoms with Gasteiger partial charge in [0.1, 0.15) is 0 Å². The quantitative estimate of drug-likeness (QED) is 0.570. The summed E-state index contributed by atoms with van der Waals surface area (Å²) in [5, 5.41) is 5.61. The third kappa shape index (κ3) is 2.84. The molecular weight excluding hydrogens is 321 g/mol.